The highest BCUT2D eigenvalue weighted by molar-refractivity contribution is 5.79. The standard InChI is InChI=1S/C9H8F2O3/c10-7-3-1-2-6(4-7)9(11,5-12)8(13)14/h1-4,12H,5H2,(H,13,14). The summed E-state index contributed by atoms with van der Waals surface area (Å²) in [6, 6.07) is 4.08. The fourth-order valence-electron chi connectivity index (χ4n) is 1.02. The van der Waals surface area contributed by atoms with E-state index in [1.165, 1.54) is 6.07 Å². The molecule has 0 bridgehead atoms. The number of aliphatic hydroxyl groups excluding tert-OH is 1. The van der Waals surface area contributed by atoms with Crippen molar-refractivity contribution in [2.75, 3.05) is 6.61 Å². The first-order valence-electron chi connectivity index (χ1n) is 3.80. The van der Waals surface area contributed by atoms with Crippen molar-refractivity contribution in [2.24, 2.45) is 0 Å². The first-order valence-corrected chi connectivity index (χ1v) is 3.80. The number of halogens is 2. The summed E-state index contributed by atoms with van der Waals surface area (Å²) < 4.78 is 26.2. The molecule has 1 rings (SSSR count). The van der Waals surface area contributed by atoms with Crippen molar-refractivity contribution < 1.29 is 23.8 Å². The molecular formula is C9H8F2O3. The highest BCUT2D eigenvalue weighted by Gasteiger charge is 2.40. The molecule has 1 unspecified atom stereocenters. The first-order chi connectivity index (χ1) is 6.50. The maximum atomic E-state index is 13.5. The summed E-state index contributed by atoms with van der Waals surface area (Å²) in [6.45, 7) is -1.23. The summed E-state index contributed by atoms with van der Waals surface area (Å²) in [5, 5.41) is 17.1. The predicted octanol–water partition coefficient (Wildman–Crippen LogP) is 1.07. The van der Waals surface area contributed by atoms with Crippen molar-refractivity contribution >= 4 is 5.97 Å². The van der Waals surface area contributed by atoms with E-state index in [2.05, 4.69) is 0 Å². The van der Waals surface area contributed by atoms with Crippen molar-refractivity contribution in [1.29, 1.82) is 0 Å². The van der Waals surface area contributed by atoms with Crippen molar-refractivity contribution in [3.05, 3.63) is 35.6 Å². The Morgan fingerprint density at radius 3 is 2.57 bits per heavy atom. The Morgan fingerprint density at radius 1 is 1.50 bits per heavy atom. The maximum Gasteiger partial charge on any atom is 0.348 e. The van der Waals surface area contributed by atoms with Crippen LogP contribution in [0.3, 0.4) is 0 Å². The van der Waals surface area contributed by atoms with Crippen LogP contribution in [0.15, 0.2) is 24.3 Å². The van der Waals surface area contributed by atoms with Crippen LogP contribution >= 0.6 is 0 Å². The summed E-state index contributed by atoms with van der Waals surface area (Å²) in [5.74, 6) is -2.59. The number of carbonyl (C=O) groups is 1. The second-order valence-corrected chi connectivity index (χ2v) is 2.77. The number of hydrogen-bond donors (Lipinski definition) is 2. The third-order valence-electron chi connectivity index (χ3n) is 1.84. The fraction of sp³-hybridized carbons (Fsp3) is 0.222. The summed E-state index contributed by atoms with van der Waals surface area (Å²) in [5.41, 5.74) is -3.35. The van der Waals surface area contributed by atoms with E-state index in [0.717, 1.165) is 18.2 Å². The molecule has 0 saturated carbocycles. The number of carboxylic acids is 1. The van der Waals surface area contributed by atoms with Crippen LogP contribution in [0.2, 0.25) is 0 Å². The van der Waals surface area contributed by atoms with Crippen LogP contribution in [0.4, 0.5) is 8.78 Å². The van der Waals surface area contributed by atoms with Crippen LogP contribution in [-0.2, 0) is 10.5 Å². The average molecular weight is 202 g/mol. The zero-order chi connectivity index (χ0) is 10.8. The number of aliphatic hydroxyl groups is 1. The lowest BCUT2D eigenvalue weighted by Crippen LogP contribution is -2.34. The van der Waals surface area contributed by atoms with Gasteiger partial charge < -0.3 is 10.2 Å². The zero-order valence-electron chi connectivity index (χ0n) is 7.08. The molecule has 5 heteroatoms. The molecule has 1 atom stereocenters. The van der Waals surface area contributed by atoms with E-state index in [4.69, 9.17) is 10.2 Å². The summed E-state index contributed by atoms with van der Waals surface area (Å²) in [7, 11) is 0. The molecule has 0 radical (unpaired) electrons. The molecule has 2 N–H and O–H groups in total. The minimum atomic E-state index is -2.94. The Bertz CT molecular complexity index is 354. The van der Waals surface area contributed by atoms with Gasteiger partial charge in [-0.25, -0.2) is 13.6 Å². The SMILES string of the molecule is O=C(O)C(F)(CO)c1cccc(F)c1. The zero-order valence-corrected chi connectivity index (χ0v) is 7.08. The van der Waals surface area contributed by atoms with E-state index in [1.807, 2.05) is 0 Å². The van der Waals surface area contributed by atoms with E-state index < -0.39 is 29.6 Å². The van der Waals surface area contributed by atoms with E-state index in [1.54, 1.807) is 0 Å². The third-order valence-corrected chi connectivity index (χ3v) is 1.84. The molecule has 0 amide bonds. The van der Waals surface area contributed by atoms with Crippen LogP contribution < -0.4 is 0 Å². The summed E-state index contributed by atoms with van der Waals surface area (Å²) in [4.78, 5) is 10.5. The highest BCUT2D eigenvalue weighted by atomic mass is 19.1. The Labute approximate surface area is 78.6 Å². The summed E-state index contributed by atoms with van der Waals surface area (Å²) in [6.07, 6.45) is 0. The van der Waals surface area contributed by atoms with Crippen molar-refractivity contribution in [1.82, 2.24) is 0 Å². The van der Waals surface area contributed by atoms with Crippen LogP contribution in [0.1, 0.15) is 5.56 Å². The predicted molar refractivity (Wildman–Crippen MR) is 43.9 cm³/mol. The van der Waals surface area contributed by atoms with Gasteiger partial charge in [0.05, 0.1) is 6.61 Å². The lowest BCUT2D eigenvalue weighted by molar-refractivity contribution is -0.154. The molecule has 1 aromatic carbocycles. The smallest absolute Gasteiger partial charge is 0.348 e. The molecule has 0 heterocycles. The Hall–Kier alpha value is -1.49. The van der Waals surface area contributed by atoms with Gasteiger partial charge in [-0.05, 0) is 12.1 Å². The molecular weight excluding hydrogens is 194 g/mol. The molecule has 14 heavy (non-hydrogen) atoms. The van der Waals surface area contributed by atoms with Crippen molar-refractivity contribution in [3.8, 4) is 0 Å². The summed E-state index contributed by atoms with van der Waals surface area (Å²) >= 11 is 0. The minimum Gasteiger partial charge on any atom is -0.479 e. The molecule has 0 aliphatic rings. The Balaban J connectivity index is 3.19. The molecule has 1 aromatic rings. The van der Waals surface area contributed by atoms with E-state index in [0.29, 0.717) is 0 Å². The molecule has 0 aliphatic heterocycles. The monoisotopic (exact) mass is 202 g/mol. The van der Waals surface area contributed by atoms with Gasteiger partial charge >= 0.3 is 5.97 Å². The molecule has 0 spiro atoms. The second kappa shape index (κ2) is 3.71. The topological polar surface area (TPSA) is 57.5 Å². The lowest BCUT2D eigenvalue weighted by Gasteiger charge is -2.17. The van der Waals surface area contributed by atoms with Gasteiger partial charge in [-0.1, -0.05) is 12.1 Å². The van der Waals surface area contributed by atoms with Crippen LogP contribution in [0.5, 0.6) is 0 Å². The van der Waals surface area contributed by atoms with Gasteiger partial charge in [0.15, 0.2) is 0 Å². The Morgan fingerprint density at radius 2 is 2.14 bits per heavy atom. The molecule has 0 fully saturated rings. The lowest BCUT2D eigenvalue weighted by atomic mass is 9.97. The van der Waals surface area contributed by atoms with Gasteiger partial charge in [0.1, 0.15) is 5.82 Å². The van der Waals surface area contributed by atoms with E-state index >= 15 is 0 Å². The van der Waals surface area contributed by atoms with Gasteiger partial charge in [0, 0.05) is 5.56 Å². The molecule has 0 saturated heterocycles. The van der Waals surface area contributed by atoms with Crippen molar-refractivity contribution in [2.45, 2.75) is 5.67 Å². The number of alkyl halides is 1. The van der Waals surface area contributed by atoms with Gasteiger partial charge in [0.2, 0.25) is 0 Å². The number of aliphatic carboxylic acids is 1. The van der Waals surface area contributed by atoms with Gasteiger partial charge in [-0.2, -0.15) is 0 Å². The van der Waals surface area contributed by atoms with Gasteiger partial charge in [-0.15, -0.1) is 0 Å². The normalized spacial score (nSPS) is 14.8. The first kappa shape index (κ1) is 10.6. The number of hydrogen-bond acceptors (Lipinski definition) is 2. The number of benzene rings is 1. The molecule has 3 nitrogen and oxygen atoms in total. The third kappa shape index (κ3) is 1.72. The van der Waals surface area contributed by atoms with E-state index in [9.17, 15) is 13.6 Å². The Kier molecular flexibility index (Phi) is 2.81. The molecule has 0 aliphatic carbocycles. The largest absolute Gasteiger partial charge is 0.479 e. The quantitative estimate of drug-likeness (QED) is 0.770. The fourth-order valence-corrected chi connectivity index (χ4v) is 1.02. The van der Waals surface area contributed by atoms with Gasteiger partial charge in [-0.3, -0.25) is 0 Å². The maximum absolute atomic E-state index is 13.5. The average Bonchev–Trinajstić information content (AvgIpc) is 2.16. The van der Waals surface area contributed by atoms with Crippen molar-refractivity contribution in [3.63, 3.8) is 0 Å². The number of carboxylic acid groups (broad SMARTS) is 1. The molecule has 0 aromatic heterocycles. The highest BCUT2D eigenvalue weighted by Crippen LogP contribution is 2.26. The second-order valence-electron chi connectivity index (χ2n) is 2.77. The van der Waals surface area contributed by atoms with Gasteiger partial charge in [0.25, 0.3) is 5.67 Å². The minimum absolute atomic E-state index is 0.410. The van der Waals surface area contributed by atoms with E-state index in [-0.39, 0.29) is 0 Å². The van der Waals surface area contributed by atoms with Crippen LogP contribution in [-0.4, -0.2) is 22.8 Å². The van der Waals surface area contributed by atoms with Crippen LogP contribution in [0, 0.1) is 5.82 Å². The molecule has 76 valence electrons. The number of rotatable bonds is 3. The van der Waals surface area contributed by atoms with Crippen LogP contribution in [0.25, 0.3) is 0 Å².